The Morgan fingerprint density at radius 3 is 2.13 bits per heavy atom. The van der Waals surface area contributed by atoms with Crippen LogP contribution in [0.2, 0.25) is 0 Å². The molecule has 0 radical (unpaired) electrons. The van der Waals surface area contributed by atoms with E-state index < -0.39 is 10.0 Å². The van der Waals surface area contributed by atoms with Crippen molar-refractivity contribution in [3.05, 3.63) is 101 Å². The number of nitrogens with two attached hydrogens (primary N) is 1. The standard InChI is InChI=1S/C28H31N5O4S/c1-3-20-16-30-26(31-17-20)13-8-23-14-27(32-18-21-4-9-24(36-2)10-5-21)33-28(15-23)37-25-11-6-22(7-12-25)19-38(29,34)35/h4-7,9-12,14-17H,3,8,13,18-19H2,1-2H3,(H,32,33)(H2,29,34,35). The number of aryl methyl sites for hydroxylation is 3. The van der Waals surface area contributed by atoms with Gasteiger partial charge in [-0.2, -0.15) is 4.98 Å². The first-order valence-electron chi connectivity index (χ1n) is 12.2. The number of pyridine rings is 1. The molecular weight excluding hydrogens is 502 g/mol. The average Bonchev–Trinajstić information content (AvgIpc) is 2.91. The Morgan fingerprint density at radius 2 is 1.50 bits per heavy atom. The minimum Gasteiger partial charge on any atom is -0.497 e. The maximum Gasteiger partial charge on any atom is 0.221 e. The fourth-order valence-electron chi connectivity index (χ4n) is 3.74. The summed E-state index contributed by atoms with van der Waals surface area (Å²) in [6, 6.07) is 18.4. The van der Waals surface area contributed by atoms with Crippen molar-refractivity contribution in [1.82, 2.24) is 15.0 Å². The number of rotatable bonds is 12. The van der Waals surface area contributed by atoms with E-state index in [4.69, 9.17) is 14.6 Å². The number of benzene rings is 2. The van der Waals surface area contributed by atoms with Gasteiger partial charge in [0.25, 0.3) is 0 Å². The van der Waals surface area contributed by atoms with Gasteiger partial charge >= 0.3 is 0 Å². The van der Waals surface area contributed by atoms with Crippen LogP contribution >= 0.6 is 0 Å². The fourth-order valence-corrected chi connectivity index (χ4v) is 4.40. The summed E-state index contributed by atoms with van der Waals surface area (Å²) in [6.07, 6.45) is 6.01. The molecule has 10 heteroatoms. The Bertz CT molecular complexity index is 1370. The quantitative estimate of drug-likeness (QED) is 0.274. The number of methoxy groups -OCH3 is 1. The monoisotopic (exact) mass is 533 g/mol. The number of hydrogen-bond donors (Lipinski definition) is 2. The fraction of sp³-hybridized carbons (Fsp3) is 0.250. The second-order valence-corrected chi connectivity index (χ2v) is 10.4. The average molecular weight is 534 g/mol. The number of primary sulfonamides is 1. The van der Waals surface area contributed by atoms with Crippen LogP contribution in [0.4, 0.5) is 5.82 Å². The largest absolute Gasteiger partial charge is 0.497 e. The molecule has 2 aromatic heterocycles. The van der Waals surface area contributed by atoms with Crippen molar-refractivity contribution in [1.29, 1.82) is 0 Å². The van der Waals surface area contributed by atoms with Gasteiger partial charge in [-0.15, -0.1) is 0 Å². The lowest BCUT2D eigenvalue weighted by Gasteiger charge is -2.12. The molecule has 2 heterocycles. The van der Waals surface area contributed by atoms with E-state index >= 15 is 0 Å². The van der Waals surface area contributed by atoms with Crippen molar-refractivity contribution in [2.75, 3.05) is 12.4 Å². The molecule has 0 aliphatic heterocycles. The molecule has 3 N–H and O–H groups in total. The molecule has 0 saturated heterocycles. The molecular formula is C28H31N5O4S. The zero-order valence-electron chi connectivity index (χ0n) is 21.4. The minimum atomic E-state index is -3.61. The van der Waals surface area contributed by atoms with Crippen molar-refractivity contribution >= 4 is 15.8 Å². The van der Waals surface area contributed by atoms with Crippen molar-refractivity contribution in [2.45, 2.75) is 38.5 Å². The minimum absolute atomic E-state index is 0.234. The highest BCUT2D eigenvalue weighted by Crippen LogP contribution is 2.25. The predicted octanol–water partition coefficient (Wildman–Crippen LogP) is 4.42. The Hall–Kier alpha value is -4.02. The lowest BCUT2D eigenvalue weighted by atomic mass is 10.1. The van der Waals surface area contributed by atoms with Crippen LogP contribution in [0.5, 0.6) is 17.4 Å². The summed E-state index contributed by atoms with van der Waals surface area (Å²) >= 11 is 0. The highest BCUT2D eigenvalue weighted by Gasteiger charge is 2.09. The molecule has 0 aliphatic rings. The molecule has 0 unspecified atom stereocenters. The van der Waals surface area contributed by atoms with Gasteiger partial charge in [-0.3, -0.25) is 0 Å². The molecule has 0 atom stereocenters. The highest BCUT2D eigenvalue weighted by atomic mass is 32.2. The third-order valence-electron chi connectivity index (χ3n) is 5.81. The lowest BCUT2D eigenvalue weighted by molar-refractivity contribution is 0.414. The first-order valence-corrected chi connectivity index (χ1v) is 14.0. The molecule has 2 aromatic carbocycles. The summed E-state index contributed by atoms with van der Waals surface area (Å²) in [5.74, 6) is 2.96. The molecule has 9 nitrogen and oxygen atoms in total. The summed E-state index contributed by atoms with van der Waals surface area (Å²) in [4.78, 5) is 13.6. The van der Waals surface area contributed by atoms with Gasteiger partial charge in [-0.1, -0.05) is 31.2 Å². The summed E-state index contributed by atoms with van der Waals surface area (Å²) in [7, 11) is -1.97. The molecule has 4 aromatic rings. The number of sulfonamides is 1. The van der Waals surface area contributed by atoms with Gasteiger partial charge in [-0.05, 0) is 65.4 Å². The maximum atomic E-state index is 11.4. The Balaban J connectivity index is 1.51. The van der Waals surface area contributed by atoms with Crippen molar-refractivity contribution in [2.24, 2.45) is 5.14 Å². The summed E-state index contributed by atoms with van der Waals surface area (Å²) in [5.41, 5.74) is 3.78. The van der Waals surface area contributed by atoms with E-state index in [2.05, 4.69) is 27.2 Å². The number of aromatic nitrogens is 3. The Kier molecular flexibility index (Phi) is 8.88. The summed E-state index contributed by atoms with van der Waals surface area (Å²) in [5, 5.41) is 8.51. The van der Waals surface area contributed by atoms with Crippen LogP contribution in [0.15, 0.2) is 73.1 Å². The summed E-state index contributed by atoms with van der Waals surface area (Å²) < 4.78 is 34.0. The van der Waals surface area contributed by atoms with Crippen LogP contribution in [0.25, 0.3) is 0 Å². The van der Waals surface area contributed by atoms with Gasteiger partial charge in [0.2, 0.25) is 15.9 Å². The molecule has 0 bridgehead atoms. The summed E-state index contributed by atoms with van der Waals surface area (Å²) in [6.45, 7) is 2.65. The molecule has 38 heavy (non-hydrogen) atoms. The van der Waals surface area contributed by atoms with Crippen LogP contribution in [0.3, 0.4) is 0 Å². The number of ether oxygens (including phenoxy) is 2. The van der Waals surface area contributed by atoms with E-state index in [0.29, 0.717) is 42.4 Å². The predicted molar refractivity (Wildman–Crippen MR) is 147 cm³/mol. The maximum absolute atomic E-state index is 11.4. The van der Waals surface area contributed by atoms with E-state index in [1.807, 2.05) is 48.8 Å². The van der Waals surface area contributed by atoms with E-state index in [1.165, 1.54) is 0 Å². The second kappa shape index (κ2) is 12.5. The van der Waals surface area contributed by atoms with Crippen LogP contribution < -0.4 is 19.9 Å². The van der Waals surface area contributed by atoms with Gasteiger partial charge in [0.05, 0.1) is 12.9 Å². The third-order valence-corrected chi connectivity index (χ3v) is 6.55. The van der Waals surface area contributed by atoms with Crippen LogP contribution in [-0.4, -0.2) is 30.5 Å². The molecule has 0 aliphatic carbocycles. The van der Waals surface area contributed by atoms with Crippen LogP contribution in [-0.2, 0) is 41.6 Å². The van der Waals surface area contributed by atoms with Crippen molar-refractivity contribution in [3.63, 3.8) is 0 Å². The number of hydrogen-bond acceptors (Lipinski definition) is 8. The molecule has 0 spiro atoms. The number of anilines is 1. The molecule has 198 valence electrons. The molecule has 0 saturated carbocycles. The van der Waals surface area contributed by atoms with Crippen molar-refractivity contribution < 1.29 is 17.9 Å². The van der Waals surface area contributed by atoms with E-state index in [9.17, 15) is 8.42 Å². The van der Waals surface area contributed by atoms with Crippen LogP contribution in [0, 0.1) is 0 Å². The van der Waals surface area contributed by atoms with Gasteiger partial charge in [0.15, 0.2) is 0 Å². The van der Waals surface area contributed by atoms with Crippen molar-refractivity contribution in [3.8, 4) is 17.4 Å². The second-order valence-electron chi connectivity index (χ2n) is 8.81. The topological polar surface area (TPSA) is 129 Å². The van der Waals surface area contributed by atoms with Gasteiger partial charge in [0.1, 0.15) is 23.1 Å². The number of nitrogens with one attached hydrogen (secondary N) is 1. The lowest BCUT2D eigenvalue weighted by Crippen LogP contribution is -2.14. The first kappa shape index (κ1) is 27.0. The van der Waals surface area contributed by atoms with E-state index in [0.717, 1.165) is 34.7 Å². The normalized spacial score (nSPS) is 11.2. The zero-order valence-corrected chi connectivity index (χ0v) is 22.2. The van der Waals surface area contributed by atoms with Crippen LogP contribution in [0.1, 0.15) is 35.0 Å². The van der Waals surface area contributed by atoms with Gasteiger partial charge in [0, 0.05) is 31.4 Å². The Labute approximate surface area is 223 Å². The number of nitrogens with zero attached hydrogens (tertiary/aromatic N) is 3. The van der Waals surface area contributed by atoms with E-state index in [1.54, 1.807) is 31.4 Å². The first-order chi connectivity index (χ1) is 18.3. The van der Waals surface area contributed by atoms with Gasteiger partial charge < -0.3 is 14.8 Å². The molecule has 0 amide bonds. The van der Waals surface area contributed by atoms with E-state index in [-0.39, 0.29) is 5.75 Å². The molecule has 0 fully saturated rings. The Morgan fingerprint density at radius 1 is 0.842 bits per heavy atom. The zero-order chi connectivity index (χ0) is 27.0. The highest BCUT2D eigenvalue weighted by molar-refractivity contribution is 7.88. The SMILES string of the molecule is CCc1cnc(CCc2cc(NCc3ccc(OC)cc3)nc(Oc3ccc(CS(N)(=O)=O)cc3)c2)nc1. The molecule has 4 rings (SSSR count). The third kappa shape index (κ3) is 8.25. The smallest absolute Gasteiger partial charge is 0.221 e. The van der Waals surface area contributed by atoms with Gasteiger partial charge in [-0.25, -0.2) is 23.5 Å².